The number of aryl methyl sites for hydroxylation is 2. The summed E-state index contributed by atoms with van der Waals surface area (Å²) in [5.74, 6) is -0.376. The minimum atomic E-state index is -0.376. The van der Waals surface area contributed by atoms with Crippen LogP contribution in [0.2, 0.25) is 0 Å². The van der Waals surface area contributed by atoms with E-state index in [1.807, 2.05) is 36.6 Å². The summed E-state index contributed by atoms with van der Waals surface area (Å²) in [6.07, 6.45) is 0. The van der Waals surface area contributed by atoms with Gasteiger partial charge in [-0.15, -0.1) is 0 Å². The van der Waals surface area contributed by atoms with E-state index in [0.29, 0.717) is 20.0 Å². The number of nitrogens with one attached hydrogen (secondary N) is 1. The molecule has 0 spiro atoms. The zero-order chi connectivity index (χ0) is 25.0. The highest BCUT2D eigenvalue weighted by molar-refractivity contribution is 7.73. The van der Waals surface area contributed by atoms with Gasteiger partial charge in [0.1, 0.15) is 16.2 Å². The lowest BCUT2D eigenvalue weighted by molar-refractivity contribution is 0.321. The molecule has 0 bridgehead atoms. The standard InChI is InChI=1S/C19H14FN3OS3.C6H15N/c1-10-3-6-14(9-11(10)2)22-16-15(27-19(22)26)17(24)23(18(25)21-16)13-7-4-12(20)5-8-13;1-4-7(5-2)6-3/h3-9H,1-2H3,(H,21,25);4-6H2,1-3H3. The molecule has 4 rings (SSSR count). The zero-order valence-corrected chi connectivity index (χ0v) is 22.5. The van der Waals surface area contributed by atoms with Crippen LogP contribution in [0.15, 0.2) is 47.3 Å². The Labute approximate surface area is 213 Å². The number of benzene rings is 2. The van der Waals surface area contributed by atoms with Crippen LogP contribution >= 0.6 is 35.8 Å². The minimum absolute atomic E-state index is 0.226. The van der Waals surface area contributed by atoms with Gasteiger partial charge in [0.15, 0.2) is 8.73 Å². The van der Waals surface area contributed by atoms with Gasteiger partial charge in [0.25, 0.3) is 5.56 Å². The molecule has 0 saturated heterocycles. The first kappa shape index (κ1) is 26.2. The second-order valence-corrected chi connectivity index (χ2v) is 9.85. The van der Waals surface area contributed by atoms with Crippen molar-refractivity contribution >= 4 is 46.1 Å². The van der Waals surface area contributed by atoms with Crippen LogP contribution in [-0.4, -0.2) is 38.7 Å². The van der Waals surface area contributed by atoms with E-state index in [2.05, 4.69) is 30.7 Å². The highest BCUT2D eigenvalue weighted by atomic mass is 32.1. The van der Waals surface area contributed by atoms with Crippen LogP contribution < -0.4 is 5.56 Å². The Bertz CT molecular complexity index is 1460. The Kier molecular flexibility index (Phi) is 8.70. The molecule has 0 aliphatic rings. The van der Waals surface area contributed by atoms with Gasteiger partial charge < -0.3 is 9.88 Å². The van der Waals surface area contributed by atoms with Gasteiger partial charge in [0.2, 0.25) is 0 Å². The zero-order valence-electron chi connectivity index (χ0n) is 20.0. The van der Waals surface area contributed by atoms with Crippen molar-refractivity contribution in [1.29, 1.82) is 0 Å². The van der Waals surface area contributed by atoms with Crippen molar-refractivity contribution in [2.45, 2.75) is 34.6 Å². The molecular formula is C25H29FN4OS3. The highest BCUT2D eigenvalue weighted by Crippen LogP contribution is 2.25. The Morgan fingerprint density at radius 1 is 0.912 bits per heavy atom. The van der Waals surface area contributed by atoms with Gasteiger partial charge in [-0.2, -0.15) is 0 Å². The van der Waals surface area contributed by atoms with Gasteiger partial charge in [-0.05, 0) is 105 Å². The number of aromatic amines is 1. The summed E-state index contributed by atoms with van der Waals surface area (Å²) < 4.78 is 17.7. The van der Waals surface area contributed by atoms with E-state index in [-0.39, 0.29) is 16.1 Å². The fourth-order valence-electron chi connectivity index (χ4n) is 3.58. The first-order chi connectivity index (χ1) is 16.2. The first-order valence-electron chi connectivity index (χ1n) is 11.2. The van der Waals surface area contributed by atoms with Gasteiger partial charge in [-0.25, -0.2) is 4.39 Å². The largest absolute Gasteiger partial charge is 0.316 e. The number of halogens is 1. The molecule has 0 aliphatic heterocycles. The van der Waals surface area contributed by atoms with Gasteiger partial charge in [-0.3, -0.25) is 13.9 Å². The van der Waals surface area contributed by atoms with Crippen molar-refractivity contribution in [2.24, 2.45) is 0 Å². The number of H-pyrrole nitrogens is 1. The molecule has 2 heterocycles. The topological polar surface area (TPSA) is 46.0 Å². The van der Waals surface area contributed by atoms with Gasteiger partial charge in [0.05, 0.1) is 5.69 Å². The molecule has 5 nitrogen and oxygen atoms in total. The van der Waals surface area contributed by atoms with Crippen LogP contribution in [0, 0.1) is 28.4 Å². The predicted octanol–water partition coefficient (Wildman–Crippen LogP) is 6.73. The Morgan fingerprint density at radius 3 is 2.03 bits per heavy atom. The summed E-state index contributed by atoms with van der Waals surface area (Å²) in [4.78, 5) is 18.6. The van der Waals surface area contributed by atoms with Crippen LogP contribution in [-0.2, 0) is 0 Å². The fraction of sp³-hybridized carbons (Fsp3) is 0.320. The van der Waals surface area contributed by atoms with Crippen molar-refractivity contribution in [2.75, 3.05) is 19.6 Å². The van der Waals surface area contributed by atoms with Crippen molar-refractivity contribution in [3.63, 3.8) is 0 Å². The third-order valence-electron chi connectivity index (χ3n) is 5.81. The van der Waals surface area contributed by atoms with E-state index < -0.39 is 0 Å². The third kappa shape index (κ3) is 5.43. The second-order valence-electron chi connectivity index (χ2n) is 7.82. The van der Waals surface area contributed by atoms with E-state index in [4.69, 9.17) is 24.4 Å². The maximum Gasteiger partial charge on any atom is 0.278 e. The average molecular weight is 517 g/mol. The van der Waals surface area contributed by atoms with Crippen molar-refractivity contribution < 1.29 is 4.39 Å². The summed E-state index contributed by atoms with van der Waals surface area (Å²) in [5, 5.41) is 0. The molecule has 4 aromatic rings. The monoisotopic (exact) mass is 516 g/mol. The quantitative estimate of drug-likeness (QED) is 0.299. The van der Waals surface area contributed by atoms with E-state index in [1.54, 1.807) is 0 Å². The number of aromatic nitrogens is 3. The fourth-order valence-corrected chi connectivity index (χ4v) is 5.19. The first-order valence-corrected chi connectivity index (χ1v) is 12.8. The summed E-state index contributed by atoms with van der Waals surface area (Å²) >= 11 is 12.2. The van der Waals surface area contributed by atoms with E-state index in [9.17, 15) is 9.18 Å². The number of fused-ring (bicyclic) bond motifs is 1. The molecule has 9 heteroatoms. The van der Waals surface area contributed by atoms with Gasteiger partial charge in [0, 0.05) is 5.69 Å². The Hall–Kier alpha value is -2.46. The summed E-state index contributed by atoms with van der Waals surface area (Å²) in [5.41, 5.74) is 3.98. The molecule has 0 unspecified atom stereocenters. The molecule has 2 aromatic carbocycles. The maximum atomic E-state index is 13.2. The van der Waals surface area contributed by atoms with E-state index >= 15 is 0 Å². The Morgan fingerprint density at radius 2 is 1.50 bits per heavy atom. The van der Waals surface area contributed by atoms with Crippen LogP contribution in [0.1, 0.15) is 31.9 Å². The number of rotatable bonds is 5. The molecule has 0 atom stereocenters. The summed E-state index contributed by atoms with van der Waals surface area (Å²) in [6.45, 7) is 14.2. The number of thiazole rings is 1. The smallest absolute Gasteiger partial charge is 0.278 e. The van der Waals surface area contributed by atoms with Crippen LogP contribution in [0.25, 0.3) is 21.7 Å². The van der Waals surface area contributed by atoms with Gasteiger partial charge in [-0.1, -0.05) is 38.2 Å². The summed E-state index contributed by atoms with van der Waals surface area (Å²) in [6, 6.07) is 11.6. The molecular weight excluding hydrogens is 488 g/mol. The Balaban J connectivity index is 0.000000406. The van der Waals surface area contributed by atoms with E-state index in [1.165, 1.54) is 65.4 Å². The van der Waals surface area contributed by atoms with Crippen LogP contribution in [0.3, 0.4) is 0 Å². The lowest BCUT2D eigenvalue weighted by atomic mass is 10.1. The molecule has 0 radical (unpaired) electrons. The summed E-state index contributed by atoms with van der Waals surface area (Å²) in [7, 11) is 0. The van der Waals surface area contributed by atoms with Gasteiger partial charge >= 0.3 is 0 Å². The van der Waals surface area contributed by atoms with Crippen molar-refractivity contribution in [1.82, 2.24) is 19.0 Å². The van der Waals surface area contributed by atoms with Crippen LogP contribution in [0.5, 0.6) is 0 Å². The molecule has 0 fully saturated rings. The molecule has 1 N–H and O–H groups in total. The third-order valence-corrected chi connectivity index (χ3v) is 7.46. The predicted molar refractivity (Wildman–Crippen MR) is 146 cm³/mol. The number of nitrogens with zero attached hydrogens (tertiary/aromatic N) is 3. The number of hydrogen-bond donors (Lipinski definition) is 1. The normalized spacial score (nSPS) is 11.0. The molecule has 0 saturated carbocycles. The molecule has 0 amide bonds. The molecule has 180 valence electrons. The highest BCUT2D eigenvalue weighted by Gasteiger charge is 2.15. The number of hydrogen-bond acceptors (Lipinski definition) is 5. The SMILES string of the molecule is CCN(CC)CC.Cc1ccc(-n2c(=S)sc3c(=O)n(-c4ccc(F)cc4)c(=S)[nH]c32)cc1C. The maximum absolute atomic E-state index is 13.2. The second kappa shape index (κ2) is 11.3. The molecule has 0 aliphatic carbocycles. The molecule has 2 aromatic heterocycles. The lowest BCUT2D eigenvalue weighted by Crippen LogP contribution is -2.21. The van der Waals surface area contributed by atoms with E-state index in [0.717, 1.165) is 11.3 Å². The van der Waals surface area contributed by atoms with Crippen molar-refractivity contribution in [3.8, 4) is 11.4 Å². The molecule has 34 heavy (non-hydrogen) atoms. The minimum Gasteiger partial charge on any atom is -0.316 e. The van der Waals surface area contributed by atoms with Crippen LogP contribution in [0.4, 0.5) is 4.39 Å². The van der Waals surface area contributed by atoms with Crippen molar-refractivity contribution in [3.05, 3.63) is 78.5 Å². The lowest BCUT2D eigenvalue weighted by Gasteiger charge is -2.13. The average Bonchev–Trinajstić information content (AvgIpc) is 3.14.